The maximum absolute atomic E-state index is 10.5. The molecule has 3 aromatic rings. The van der Waals surface area contributed by atoms with Crippen molar-refractivity contribution in [2.24, 2.45) is 0 Å². The Labute approximate surface area is 121 Å². The topological polar surface area (TPSA) is 26.3 Å². The molecular formula is C15H12MgO2. The maximum atomic E-state index is 10.5. The zero-order chi connectivity index (χ0) is 11.7. The lowest BCUT2D eigenvalue weighted by molar-refractivity contribution is -0.120. The van der Waals surface area contributed by atoms with Crippen LogP contribution in [0.3, 0.4) is 0 Å². The molecule has 0 aliphatic rings. The Morgan fingerprint density at radius 3 is 2.22 bits per heavy atom. The van der Waals surface area contributed by atoms with E-state index in [1.54, 1.807) is 6.07 Å². The standard InChI is InChI=1S/C15H10O2.Mg.2H/c16-10-17-15-7-3-6-13-8-11-4-1-2-5-12(11)9-14(13)15;;;/h1-10H;;;. The van der Waals surface area contributed by atoms with Crippen molar-refractivity contribution in [1.29, 1.82) is 0 Å². The van der Waals surface area contributed by atoms with Gasteiger partial charge in [-0.05, 0) is 34.4 Å². The summed E-state index contributed by atoms with van der Waals surface area (Å²) in [6.07, 6.45) is 0. The van der Waals surface area contributed by atoms with Crippen molar-refractivity contribution in [3.05, 3.63) is 54.6 Å². The zero-order valence-corrected chi connectivity index (χ0v) is 9.09. The van der Waals surface area contributed by atoms with Gasteiger partial charge in [-0.1, -0.05) is 36.4 Å². The number of carbonyl (C=O) groups is 1. The van der Waals surface area contributed by atoms with Crippen LogP contribution in [-0.2, 0) is 4.79 Å². The van der Waals surface area contributed by atoms with Crippen LogP contribution in [0.4, 0.5) is 0 Å². The third-order valence-corrected chi connectivity index (χ3v) is 2.88. The molecule has 18 heavy (non-hydrogen) atoms. The van der Waals surface area contributed by atoms with Crippen LogP contribution in [0, 0.1) is 0 Å². The molecule has 0 saturated carbocycles. The second-order valence-corrected chi connectivity index (χ2v) is 3.89. The van der Waals surface area contributed by atoms with Crippen LogP contribution >= 0.6 is 0 Å². The van der Waals surface area contributed by atoms with Gasteiger partial charge in [-0.3, -0.25) is 4.79 Å². The first-order chi connectivity index (χ1) is 8.38. The van der Waals surface area contributed by atoms with E-state index in [2.05, 4.69) is 12.1 Å². The van der Waals surface area contributed by atoms with Crippen LogP contribution < -0.4 is 4.74 Å². The van der Waals surface area contributed by atoms with Crippen LogP contribution in [0.5, 0.6) is 5.75 Å². The van der Waals surface area contributed by atoms with E-state index in [0.29, 0.717) is 12.2 Å². The molecule has 0 fully saturated rings. The first kappa shape index (κ1) is 12.9. The predicted molar refractivity (Wildman–Crippen MR) is 76.7 cm³/mol. The van der Waals surface area contributed by atoms with Crippen LogP contribution in [0.1, 0.15) is 0 Å². The average Bonchev–Trinajstić information content (AvgIpc) is 2.37. The normalized spacial score (nSPS) is 10.0. The first-order valence-corrected chi connectivity index (χ1v) is 5.40. The fraction of sp³-hybridized carbons (Fsp3) is 0. The SMILES string of the molecule is O=COc1cccc2cc3ccccc3cc12.[MgH2]. The van der Waals surface area contributed by atoms with E-state index < -0.39 is 0 Å². The van der Waals surface area contributed by atoms with Crippen molar-refractivity contribution < 1.29 is 9.53 Å². The first-order valence-electron chi connectivity index (χ1n) is 5.40. The lowest BCUT2D eigenvalue weighted by Crippen LogP contribution is -1.89. The minimum Gasteiger partial charge on any atom is -0.428 e. The molecule has 0 aliphatic heterocycles. The highest BCUT2D eigenvalue weighted by atomic mass is 24.3. The van der Waals surface area contributed by atoms with Crippen molar-refractivity contribution in [3.8, 4) is 5.75 Å². The van der Waals surface area contributed by atoms with Crippen LogP contribution in [0.2, 0.25) is 0 Å². The lowest BCUT2D eigenvalue weighted by atomic mass is 10.0. The Kier molecular flexibility index (Phi) is 3.84. The van der Waals surface area contributed by atoms with E-state index in [-0.39, 0.29) is 23.1 Å². The molecule has 0 atom stereocenters. The monoisotopic (exact) mass is 248 g/mol. The zero-order valence-electron chi connectivity index (χ0n) is 9.09. The van der Waals surface area contributed by atoms with Crippen LogP contribution in [0.25, 0.3) is 21.5 Å². The van der Waals surface area contributed by atoms with Crippen molar-refractivity contribution in [2.45, 2.75) is 0 Å². The quantitative estimate of drug-likeness (QED) is 0.396. The van der Waals surface area contributed by atoms with Crippen LogP contribution in [-0.4, -0.2) is 29.5 Å². The number of benzene rings is 3. The van der Waals surface area contributed by atoms with Gasteiger partial charge in [0, 0.05) is 5.39 Å². The predicted octanol–water partition coefficient (Wildman–Crippen LogP) is 2.61. The summed E-state index contributed by atoms with van der Waals surface area (Å²) < 4.78 is 4.99. The summed E-state index contributed by atoms with van der Waals surface area (Å²) in [7, 11) is 0. The van der Waals surface area contributed by atoms with E-state index in [4.69, 9.17) is 4.74 Å². The Bertz CT molecular complexity index is 707. The smallest absolute Gasteiger partial charge is 0.316 e. The van der Waals surface area contributed by atoms with Gasteiger partial charge in [0.25, 0.3) is 6.47 Å². The molecule has 86 valence electrons. The van der Waals surface area contributed by atoms with Gasteiger partial charge in [-0.25, -0.2) is 0 Å². The van der Waals surface area contributed by atoms with Crippen LogP contribution in [0.15, 0.2) is 54.6 Å². The third-order valence-electron chi connectivity index (χ3n) is 2.88. The summed E-state index contributed by atoms with van der Waals surface area (Å²) in [6, 6.07) is 18.0. The van der Waals surface area contributed by atoms with E-state index in [0.717, 1.165) is 16.2 Å². The third kappa shape index (κ3) is 2.19. The highest BCUT2D eigenvalue weighted by Gasteiger charge is 2.03. The largest absolute Gasteiger partial charge is 0.428 e. The second-order valence-electron chi connectivity index (χ2n) is 3.89. The number of rotatable bonds is 2. The fourth-order valence-electron chi connectivity index (χ4n) is 2.09. The Hall–Kier alpha value is -1.58. The summed E-state index contributed by atoms with van der Waals surface area (Å²) in [5.74, 6) is 0.600. The summed E-state index contributed by atoms with van der Waals surface area (Å²) in [5, 5.41) is 4.35. The Morgan fingerprint density at radius 2 is 1.50 bits per heavy atom. The van der Waals surface area contributed by atoms with Gasteiger partial charge >= 0.3 is 23.1 Å². The fourth-order valence-corrected chi connectivity index (χ4v) is 2.09. The Morgan fingerprint density at radius 1 is 0.833 bits per heavy atom. The van der Waals surface area contributed by atoms with E-state index >= 15 is 0 Å². The van der Waals surface area contributed by atoms with E-state index in [1.807, 2.05) is 36.4 Å². The molecule has 0 amide bonds. The Balaban J connectivity index is 0.00000120. The molecule has 3 heteroatoms. The lowest BCUT2D eigenvalue weighted by Gasteiger charge is -2.06. The number of hydrogen-bond acceptors (Lipinski definition) is 2. The molecular weight excluding hydrogens is 236 g/mol. The molecule has 0 radical (unpaired) electrons. The minimum atomic E-state index is 0. The highest BCUT2D eigenvalue weighted by Crippen LogP contribution is 2.29. The number of fused-ring (bicyclic) bond motifs is 2. The van der Waals surface area contributed by atoms with Gasteiger partial charge in [0.05, 0.1) is 0 Å². The molecule has 0 saturated heterocycles. The number of carbonyl (C=O) groups excluding carboxylic acids is 1. The van der Waals surface area contributed by atoms with Gasteiger partial charge in [0.1, 0.15) is 5.75 Å². The van der Waals surface area contributed by atoms with Gasteiger partial charge in [-0.2, -0.15) is 0 Å². The second kappa shape index (κ2) is 5.37. The molecule has 0 unspecified atom stereocenters. The molecule has 0 aliphatic carbocycles. The molecule has 0 aromatic heterocycles. The van der Waals surface area contributed by atoms with Crippen molar-refractivity contribution in [1.82, 2.24) is 0 Å². The van der Waals surface area contributed by atoms with Gasteiger partial charge < -0.3 is 4.74 Å². The van der Waals surface area contributed by atoms with Crippen molar-refractivity contribution in [2.75, 3.05) is 0 Å². The number of hydrogen-bond donors (Lipinski definition) is 0. The van der Waals surface area contributed by atoms with Gasteiger partial charge in [0.15, 0.2) is 0 Å². The van der Waals surface area contributed by atoms with E-state index in [1.165, 1.54) is 5.39 Å². The highest BCUT2D eigenvalue weighted by molar-refractivity contribution is 6.01. The van der Waals surface area contributed by atoms with E-state index in [9.17, 15) is 4.79 Å². The molecule has 0 bridgehead atoms. The van der Waals surface area contributed by atoms with Gasteiger partial charge in [-0.15, -0.1) is 0 Å². The molecule has 0 spiro atoms. The van der Waals surface area contributed by atoms with Crippen molar-refractivity contribution in [3.63, 3.8) is 0 Å². The molecule has 0 heterocycles. The molecule has 0 N–H and O–H groups in total. The number of ether oxygens (including phenoxy) is 1. The summed E-state index contributed by atoms with van der Waals surface area (Å²) in [6.45, 7) is 0.462. The van der Waals surface area contributed by atoms with Crippen molar-refractivity contribution >= 4 is 51.1 Å². The molecule has 2 nitrogen and oxygen atoms in total. The minimum absolute atomic E-state index is 0. The summed E-state index contributed by atoms with van der Waals surface area (Å²) >= 11 is 0. The summed E-state index contributed by atoms with van der Waals surface area (Å²) in [4.78, 5) is 10.5. The maximum Gasteiger partial charge on any atom is 0.316 e. The summed E-state index contributed by atoms with van der Waals surface area (Å²) in [5.41, 5.74) is 0. The average molecular weight is 249 g/mol. The molecule has 3 aromatic carbocycles. The molecule has 3 rings (SSSR count). The van der Waals surface area contributed by atoms with Gasteiger partial charge in [0.2, 0.25) is 0 Å².